The van der Waals surface area contributed by atoms with Gasteiger partial charge >= 0.3 is 6.03 Å². The summed E-state index contributed by atoms with van der Waals surface area (Å²) in [6.07, 6.45) is 0. The smallest absolute Gasteiger partial charge is 0.319 e. The Balaban J connectivity index is 1.98. The van der Waals surface area contributed by atoms with Gasteiger partial charge in [-0.05, 0) is 12.1 Å². The van der Waals surface area contributed by atoms with Crippen LogP contribution < -0.4 is 15.4 Å². The number of nitro groups is 1. The molecule has 2 rings (SSSR count). The van der Waals surface area contributed by atoms with Crippen LogP contribution in [0.3, 0.4) is 0 Å². The Hall–Kier alpha value is -3.29. The van der Waals surface area contributed by atoms with Gasteiger partial charge in [0.15, 0.2) is 11.5 Å². The van der Waals surface area contributed by atoms with Gasteiger partial charge in [-0.2, -0.15) is 0 Å². The number of ether oxygens (including phenoxy) is 1. The Labute approximate surface area is 131 Å². The van der Waals surface area contributed by atoms with Gasteiger partial charge in [0.1, 0.15) is 0 Å². The summed E-state index contributed by atoms with van der Waals surface area (Å²) in [4.78, 5) is 22.0. The largest absolute Gasteiger partial charge is 0.504 e. The van der Waals surface area contributed by atoms with E-state index in [0.29, 0.717) is 17.0 Å². The van der Waals surface area contributed by atoms with E-state index in [1.165, 1.54) is 31.4 Å². The lowest BCUT2D eigenvalue weighted by Crippen LogP contribution is -2.28. The zero-order chi connectivity index (χ0) is 16.8. The van der Waals surface area contributed by atoms with Gasteiger partial charge in [0, 0.05) is 29.9 Å². The number of rotatable bonds is 5. The summed E-state index contributed by atoms with van der Waals surface area (Å²) >= 11 is 0. The number of amides is 2. The number of nitro benzene ring substituents is 1. The number of benzene rings is 2. The van der Waals surface area contributed by atoms with E-state index >= 15 is 0 Å². The predicted octanol–water partition coefficient (Wildman–Crippen LogP) is 2.63. The van der Waals surface area contributed by atoms with E-state index in [1.807, 2.05) is 0 Å². The molecule has 2 aromatic carbocycles. The summed E-state index contributed by atoms with van der Waals surface area (Å²) in [6.45, 7) is 0.0732. The van der Waals surface area contributed by atoms with Crippen molar-refractivity contribution < 1.29 is 19.6 Å². The zero-order valence-corrected chi connectivity index (χ0v) is 12.3. The van der Waals surface area contributed by atoms with Crippen molar-refractivity contribution in [3.05, 3.63) is 58.1 Å². The minimum absolute atomic E-state index is 0.0503. The Morgan fingerprint density at radius 3 is 2.74 bits per heavy atom. The molecule has 0 aliphatic heterocycles. The molecule has 0 aliphatic rings. The first-order valence-electron chi connectivity index (χ1n) is 6.65. The summed E-state index contributed by atoms with van der Waals surface area (Å²) in [5.41, 5.74) is 0.665. The van der Waals surface area contributed by atoms with E-state index in [2.05, 4.69) is 10.6 Å². The second-order valence-corrected chi connectivity index (χ2v) is 4.58. The maximum atomic E-state index is 11.8. The van der Waals surface area contributed by atoms with Gasteiger partial charge in [0.05, 0.1) is 12.0 Å². The van der Waals surface area contributed by atoms with Crippen molar-refractivity contribution in [2.75, 3.05) is 12.4 Å². The molecule has 8 nitrogen and oxygen atoms in total. The molecule has 2 aromatic rings. The second-order valence-electron chi connectivity index (χ2n) is 4.58. The lowest BCUT2D eigenvalue weighted by molar-refractivity contribution is -0.384. The van der Waals surface area contributed by atoms with Crippen molar-refractivity contribution >= 4 is 17.4 Å². The monoisotopic (exact) mass is 317 g/mol. The van der Waals surface area contributed by atoms with Gasteiger partial charge in [-0.3, -0.25) is 10.1 Å². The minimum Gasteiger partial charge on any atom is -0.504 e. The summed E-state index contributed by atoms with van der Waals surface area (Å²) < 4.78 is 4.98. The Kier molecular flexibility index (Phi) is 4.98. The number of carbonyl (C=O) groups is 1. The van der Waals surface area contributed by atoms with Crippen LogP contribution >= 0.6 is 0 Å². The van der Waals surface area contributed by atoms with Crippen LogP contribution in [-0.4, -0.2) is 23.2 Å². The molecule has 8 heteroatoms. The summed E-state index contributed by atoms with van der Waals surface area (Å²) in [5, 5.41) is 25.6. The quantitative estimate of drug-likeness (QED) is 0.579. The number of carbonyl (C=O) groups excluding carboxylic acids is 1. The van der Waals surface area contributed by atoms with Crippen LogP contribution in [0.5, 0.6) is 11.5 Å². The van der Waals surface area contributed by atoms with Gasteiger partial charge in [0.25, 0.3) is 5.69 Å². The molecule has 0 fully saturated rings. The number of urea groups is 1. The van der Waals surface area contributed by atoms with E-state index in [4.69, 9.17) is 4.74 Å². The molecule has 0 unspecified atom stereocenters. The first-order chi connectivity index (χ1) is 11.0. The summed E-state index contributed by atoms with van der Waals surface area (Å²) in [7, 11) is 1.43. The molecule has 120 valence electrons. The third-order valence-electron chi connectivity index (χ3n) is 3.06. The SMILES string of the molecule is COc1cccc(CNC(=O)Nc2cccc([N+](=O)[O-])c2)c1O. The fourth-order valence-electron chi connectivity index (χ4n) is 1.92. The van der Waals surface area contributed by atoms with Crippen molar-refractivity contribution in [2.45, 2.75) is 6.54 Å². The average molecular weight is 317 g/mol. The van der Waals surface area contributed by atoms with Crippen molar-refractivity contribution in [1.82, 2.24) is 5.32 Å². The van der Waals surface area contributed by atoms with E-state index in [9.17, 15) is 20.0 Å². The van der Waals surface area contributed by atoms with Crippen LogP contribution in [0.1, 0.15) is 5.56 Å². The van der Waals surface area contributed by atoms with Gasteiger partial charge in [-0.15, -0.1) is 0 Å². The Morgan fingerprint density at radius 1 is 1.30 bits per heavy atom. The van der Waals surface area contributed by atoms with Crippen molar-refractivity contribution in [3.8, 4) is 11.5 Å². The van der Waals surface area contributed by atoms with Crippen LogP contribution in [0.25, 0.3) is 0 Å². The maximum Gasteiger partial charge on any atom is 0.319 e. The molecule has 0 spiro atoms. The molecule has 3 N–H and O–H groups in total. The van der Waals surface area contributed by atoms with Crippen molar-refractivity contribution in [1.29, 1.82) is 0 Å². The molecule has 0 bridgehead atoms. The number of aromatic hydroxyl groups is 1. The fraction of sp³-hybridized carbons (Fsp3) is 0.133. The summed E-state index contributed by atoms with van der Waals surface area (Å²) in [5.74, 6) is 0.258. The molecule has 0 atom stereocenters. The number of anilines is 1. The fourth-order valence-corrected chi connectivity index (χ4v) is 1.92. The molecule has 2 amide bonds. The third-order valence-corrected chi connectivity index (χ3v) is 3.06. The van der Waals surface area contributed by atoms with Gasteiger partial charge in [0.2, 0.25) is 0 Å². The van der Waals surface area contributed by atoms with E-state index in [-0.39, 0.29) is 18.0 Å². The Morgan fingerprint density at radius 2 is 2.04 bits per heavy atom. The van der Waals surface area contributed by atoms with Crippen LogP contribution in [0.15, 0.2) is 42.5 Å². The molecular weight excluding hydrogens is 302 g/mol. The zero-order valence-electron chi connectivity index (χ0n) is 12.3. The number of para-hydroxylation sites is 1. The number of phenols is 1. The predicted molar refractivity (Wildman–Crippen MR) is 83.6 cm³/mol. The normalized spacial score (nSPS) is 9.96. The molecular formula is C15H15N3O5. The van der Waals surface area contributed by atoms with Crippen molar-refractivity contribution in [2.24, 2.45) is 0 Å². The van der Waals surface area contributed by atoms with Gasteiger partial charge in [-0.25, -0.2) is 4.79 Å². The highest BCUT2D eigenvalue weighted by molar-refractivity contribution is 5.89. The number of hydrogen-bond donors (Lipinski definition) is 3. The molecule has 0 saturated carbocycles. The van der Waals surface area contributed by atoms with E-state index in [1.54, 1.807) is 18.2 Å². The number of nitrogens with one attached hydrogen (secondary N) is 2. The van der Waals surface area contributed by atoms with Crippen LogP contribution in [0.2, 0.25) is 0 Å². The minimum atomic E-state index is -0.548. The average Bonchev–Trinajstić information content (AvgIpc) is 2.54. The number of hydrogen-bond acceptors (Lipinski definition) is 5. The van der Waals surface area contributed by atoms with Crippen molar-refractivity contribution in [3.63, 3.8) is 0 Å². The number of nitrogens with zero attached hydrogens (tertiary/aromatic N) is 1. The van der Waals surface area contributed by atoms with Gasteiger partial charge in [-0.1, -0.05) is 18.2 Å². The molecule has 0 aromatic heterocycles. The van der Waals surface area contributed by atoms with Crippen LogP contribution in [0.4, 0.5) is 16.2 Å². The number of phenolic OH excluding ortho intramolecular Hbond substituents is 1. The number of methoxy groups -OCH3 is 1. The molecule has 23 heavy (non-hydrogen) atoms. The molecule has 0 aliphatic carbocycles. The van der Waals surface area contributed by atoms with Gasteiger partial charge < -0.3 is 20.5 Å². The highest BCUT2D eigenvalue weighted by Gasteiger charge is 2.10. The van der Waals surface area contributed by atoms with Crippen LogP contribution in [0, 0.1) is 10.1 Å². The highest BCUT2D eigenvalue weighted by Crippen LogP contribution is 2.29. The lowest BCUT2D eigenvalue weighted by atomic mass is 10.2. The summed E-state index contributed by atoms with van der Waals surface area (Å²) in [6, 6.07) is 9.98. The molecule has 0 heterocycles. The molecule has 0 radical (unpaired) electrons. The lowest BCUT2D eigenvalue weighted by Gasteiger charge is -2.10. The third kappa shape index (κ3) is 4.10. The highest BCUT2D eigenvalue weighted by atomic mass is 16.6. The van der Waals surface area contributed by atoms with Crippen LogP contribution in [-0.2, 0) is 6.54 Å². The first-order valence-corrected chi connectivity index (χ1v) is 6.65. The second kappa shape index (κ2) is 7.12. The van der Waals surface area contributed by atoms with E-state index in [0.717, 1.165) is 0 Å². The molecule has 0 saturated heterocycles. The Bertz CT molecular complexity index is 733. The number of non-ortho nitro benzene ring substituents is 1. The van der Waals surface area contributed by atoms with E-state index < -0.39 is 11.0 Å². The topological polar surface area (TPSA) is 114 Å². The maximum absolute atomic E-state index is 11.8. The first kappa shape index (κ1) is 16.1. The standard InChI is InChI=1S/C15H15N3O5/c1-23-13-7-2-4-10(14(13)19)9-16-15(20)17-11-5-3-6-12(8-11)18(21)22/h2-8,19H,9H2,1H3,(H2,16,17,20).